The molecule has 3 aromatic rings. The van der Waals surface area contributed by atoms with Gasteiger partial charge in [-0.2, -0.15) is 0 Å². The molecule has 4 nitrogen and oxygen atoms in total. The Morgan fingerprint density at radius 3 is 2.84 bits per heavy atom. The monoisotopic (exact) mass is 273 g/mol. The van der Waals surface area contributed by atoms with Crippen molar-refractivity contribution in [2.75, 3.05) is 12.8 Å². The Labute approximate surface area is 115 Å². The Bertz CT molecular complexity index is 729. The molecular weight excluding hydrogens is 258 g/mol. The number of nitrogens with zero attached hydrogens (tertiary/aromatic N) is 2. The van der Waals surface area contributed by atoms with E-state index in [1.807, 2.05) is 22.8 Å². The van der Waals surface area contributed by atoms with Crippen LogP contribution in [0.2, 0.25) is 0 Å². The summed E-state index contributed by atoms with van der Waals surface area (Å²) >= 11 is 1.78. The van der Waals surface area contributed by atoms with Crippen LogP contribution in [0.3, 0.4) is 0 Å². The van der Waals surface area contributed by atoms with Crippen LogP contribution in [-0.4, -0.2) is 16.7 Å². The van der Waals surface area contributed by atoms with Gasteiger partial charge < -0.3 is 15.0 Å². The van der Waals surface area contributed by atoms with Crippen molar-refractivity contribution < 1.29 is 4.74 Å². The number of rotatable bonds is 3. The normalized spacial score (nSPS) is 11.1. The standard InChI is InChI=1S/C14H15N3OS/c1-9-6-7-10(19-9)8-17-11-4-3-5-12(18-2)13(11)16-14(17)15/h3-7H,8H2,1-2H3,(H2,15,16). The molecule has 0 aliphatic heterocycles. The molecule has 2 heterocycles. The van der Waals surface area contributed by atoms with Gasteiger partial charge in [0.2, 0.25) is 5.95 Å². The Balaban J connectivity index is 2.10. The van der Waals surface area contributed by atoms with Gasteiger partial charge in [0.1, 0.15) is 11.3 Å². The van der Waals surface area contributed by atoms with E-state index in [9.17, 15) is 0 Å². The molecule has 2 aromatic heterocycles. The van der Waals surface area contributed by atoms with Crippen LogP contribution in [0.5, 0.6) is 5.75 Å². The minimum atomic E-state index is 0.519. The van der Waals surface area contributed by atoms with Gasteiger partial charge in [0.25, 0.3) is 0 Å². The van der Waals surface area contributed by atoms with Gasteiger partial charge in [-0.25, -0.2) is 4.98 Å². The summed E-state index contributed by atoms with van der Waals surface area (Å²) in [4.78, 5) is 6.98. The molecule has 0 saturated carbocycles. The van der Waals surface area contributed by atoms with E-state index in [0.717, 1.165) is 23.3 Å². The van der Waals surface area contributed by atoms with Crippen molar-refractivity contribution in [1.29, 1.82) is 0 Å². The molecule has 5 heteroatoms. The highest BCUT2D eigenvalue weighted by Gasteiger charge is 2.12. The van der Waals surface area contributed by atoms with Gasteiger partial charge in [0.15, 0.2) is 0 Å². The first kappa shape index (κ1) is 12.0. The Morgan fingerprint density at radius 1 is 1.32 bits per heavy atom. The molecule has 0 spiro atoms. The number of methoxy groups -OCH3 is 1. The number of thiophene rings is 1. The largest absolute Gasteiger partial charge is 0.494 e. The van der Waals surface area contributed by atoms with E-state index in [4.69, 9.17) is 10.5 Å². The van der Waals surface area contributed by atoms with Crippen LogP contribution in [0.1, 0.15) is 9.75 Å². The maximum absolute atomic E-state index is 6.03. The Morgan fingerprint density at radius 2 is 2.16 bits per heavy atom. The number of anilines is 1. The Hall–Kier alpha value is -2.01. The second kappa shape index (κ2) is 4.59. The number of aryl methyl sites for hydroxylation is 1. The fraction of sp³-hybridized carbons (Fsp3) is 0.214. The topological polar surface area (TPSA) is 53.1 Å². The highest BCUT2D eigenvalue weighted by Crippen LogP contribution is 2.28. The number of imidazole rings is 1. The summed E-state index contributed by atoms with van der Waals surface area (Å²) in [6, 6.07) is 10.1. The summed E-state index contributed by atoms with van der Waals surface area (Å²) < 4.78 is 7.34. The van der Waals surface area contributed by atoms with Gasteiger partial charge in [-0.3, -0.25) is 0 Å². The van der Waals surface area contributed by atoms with Crippen molar-refractivity contribution in [2.24, 2.45) is 0 Å². The molecule has 98 valence electrons. The molecule has 1 aromatic carbocycles. The van der Waals surface area contributed by atoms with E-state index in [1.165, 1.54) is 9.75 Å². The molecule has 0 bridgehead atoms. The fourth-order valence-corrected chi connectivity index (χ4v) is 3.08. The number of hydrogen-bond acceptors (Lipinski definition) is 4. The van der Waals surface area contributed by atoms with Crippen molar-refractivity contribution in [2.45, 2.75) is 13.5 Å². The summed E-state index contributed by atoms with van der Waals surface area (Å²) in [5.41, 5.74) is 7.85. The molecule has 0 fully saturated rings. The van der Waals surface area contributed by atoms with Crippen LogP contribution in [0.15, 0.2) is 30.3 Å². The number of nitrogens with two attached hydrogens (primary N) is 1. The number of nitrogen functional groups attached to an aromatic ring is 1. The molecule has 2 N–H and O–H groups in total. The van der Waals surface area contributed by atoms with Crippen LogP contribution < -0.4 is 10.5 Å². The number of hydrogen-bond donors (Lipinski definition) is 1. The molecule has 0 aliphatic rings. The van der Waals surface area contributed by atoms with Gasteiger partial charge >= 0.3 is 0 Å². The van der Waals surface area contributed by atoms with E-state index in [0.29, 0.717) is 5.95 Å². The smallest absolute Gasteiger partial charge is 0.201 e. The lowest BCUT2D eigenvalue weighted by atomic mass is 10.3. The zero-order chi connectivity index (χ0) is 13.4. The summed E-state index contributed by atoms with van der Waals surface area (Å²) in [7, 11) is 1.65. The summed E-state index contributed by atoms with van der Waals surface area (Å²) in [5.74, 6) is 1.27. The highest BCUT2D eigenvalue weighted by molar-refractivity contribution is 7.11. The number of fused-ring (bicyclic) bond motifs is 1. The van der Waals surface area contributed by atoms with Crippen LogP contribution in [0, 0.1) is 6.92 Å². The molecule has 0 atom stereocenters. The lowest BCUT2D eigenvalue weighted by Gasteiger charge is -2.05. The third kappa shape index (κ3) is 2.06. The van der Waals surface area contributed by atoms with Gasteiger partial charge in [-0.15, -0.1) is 11.3 Å². The summed E-state index contributed by atoms with van der Waals surface area (Å²) in [5, 5.41) is 0. The first-order chi connectivity index (χ1) is 9.19. The van der Waals surface area contributed by atoms with Crippen LogP contribution in [-0.2, 0) is 6.54 Å². The van der Waals surface area contributed by atoms with E-state index < -0.39 is 0 Å². The second-order valence-corrected chi connectivity index (χ2v) is 5.77. The lowest BCUT2D eigenvalue weighted by molar-refractivity contribution is 0.419. The minimum Gasteiger partial charge on any atom is -0.494 e. The molecular formula is C14H15N3OS. The maximum atomic E-state index is 6.03. The van der Waals surface area contributed by atoms with Gasteiger partial charge in [0.05, 0.1) is 19.2 Å². The number of ether oxygens (including phenoxy) is 1. The number of para-hydroxylation sites is 1. The van der Waals surface area contributed by atoms with Crippen molar-refractivity contribution in [1.82, 2.24) is 9.55 Å². The third-order valence-electron chi connectivity index (χ3n) is 3.10. The average molecular weight is 273 g/mol. The van der Waals surface area contributed by atoms with Gasteiger partial charge in [-0.05, 0) is 31.2 Å². The predicted molar refractivity (Wildman–Crippen MR) is 78.9 cm³/mol. The predicted octanol–water partition coefficient (Wildman–Crippen LogP) is 3.05. The lowest BCUT2D eigenvalue weighted by Crippen LogP contribution is -2.03. The first-order valence-electron chi connectivity index (χ1n) is 6.03. The Kier molecular flexibility index (Phi) is 2.91. The van der Waals surface area contributed by atoms with E-state index >= 15 is 0 Å². The fourth-order valence-electron chi connectivity index (χ4n) is 2.20. The van der Waals surface area contributed by atoms with Crippen molar-refractivity contribution in [3.63, 3.8) is 0 Å². The zero-order valence-electron chi connectivity index (χ0n) is 10.9. The zero-order valence-corrected chi connectivity index (χ0v) is 11.7. The van der Waals surface area contributed by atoms with Crippen molar-refractivity contribution >= 4 is 28.3 Å². The van der Waals surface area contributed by atoms with Crippen molar-refractivity contribution in [3.8, 4) is 5.75 Å². The van der Waals surface area contributed by atoms with Gasteiger partial charge in [-0.1, -0.05) is 6.07 Å². The molecule has 0 unspecified atom stereocenters. The van der Waals surface area contributed by atoms with E-state index in [2.05, 4.69) is 24.0 Å². The quantitative estimate of drug-likeness (QED) is 0.798. The maximum Gasteiger partial charge on any atom is 0.201 e. The SMILES string of the molecule is COc1cccc2c1nc(N)n2Cc1ccc(C)s1. The van der Waals surface area contributed by atoms with Crippen LogP contribution in [0.25, 0.3) is 11.0 Å². The number of benzene rings is 1. The second-order valence-electron chi connectivity index (χ2n) is 4.40. The summed E-state index contributed by atoms with van der Waals surface area (Å²) in [6.45, 7) is 2.85. The first-order valence-corrected chi connectivity index (χ1v) is 6.84. The molecule has 0 aliphatic carbocycles. The third-order valence-corrected chi connectivity index (χ3v) is 4.09. The average Bonchev–Trinajstić information content (AvgIpc) is 2.94. The van der Waals surface area contributed by atoms with Crippen LogP contribution in [0.4, 0.5) is 5.95 Å². The van der Waals surface area contributed by atoms with Gasteiger partial charge in [0, 0.05) is 9.75 Å². The molecule has 3 rings (SSSR count). The molecule has 19 heavy (non-hydrogen) atoms. The summed E-state index contributed by atoms with van der Waals surface area (Å²) in [6.07, 6.45) is 0. The van der Waals surface area contributed by atoms with Crippen molar-refractivity contribution in [3.05, 3.63) is 40.1 Å². The number of aromatic nitrogens is 2. The molecule has 0 radical (unpaired) electrons. The van der Waals surface area contributed by atoms with E-state index in [1.54, 1.807) is 18.4 Å². The van der Waals surface area contributed by atoms with E-state index in [-0.39, 0.29) is 0 Å². The molecule has 0 saturated heterocycles. The van der Waals surface area contributed by atoms with Crippen LogP contribution >= 0.6 is 11.3 Å². The highest BCUT2D eigenvalue weighted by atomic mass is 32.1. The minimum absolute atomic E-state index is 0.519. The molecule has 0 amide bonds.